The Hall–Kier alpha value is -2.84. The number of benzene rings is 2. The van der Waals surface area contributed by atoms with Crippen molar-refractivity contribution in [3.05, 3.63) is 64.9 Å². The maximum absolute atomic E-state index is 13.2. The second kappa shape index (κ2) is 10.7. The van der Waals surface area contributed by atoms with Gasteiger partial charge >= 0.3 is 0 Å². The van der Waals surface area contributed by atoms with Gasteiger partial charge in [0, 0.05) is 31.7 Å². The third-order valence-electron chi connectivity index (χ3n) is 5.64. The average molecular weight is 457 g/mol. The minimum Gasteiger partial charge on any atom is -0.336 e. The fourth-order valence-electron chi connectivity index (χ4n) is 3.81. The lowest BCUT2D eigenvalue weighted by molar-refractivity contribution is 0.0635. The molecule has 1 aliphatic heterocycles. The molecule has 2 heterocycles. The molecule has 0 aliphatic carbocycles. The first-order valence-electron chi connectivity index (χ1n) is 10.9. The molecule has 1 fully saturated rings. The van der Waals surface area contributed by atoms with Crippen LogP contribution in [-0.4, -0.2) is 68.6 Å². The van der Waals surface area contributed by atoms with Crippen LogP contribution < -0.4 is 0 Å². The third-order valence-corrected chi connectivity index (χ3v) is 5.95. The van der Waals surface area contributed by atoms with E-state index in [0.717, 1.165) is 51.0 Å². The zero-order chi connectivity index (χ0) is 22.3. The van der Waals surface area contributed by atoms with Gasteiger partial charge in [0.25, 0.3) is 5.91 Å². The first-order valence-corrected chi connectivity index (χ1v) is 11.3. The Labute approximate surface area is 191 Å². The predicted octanol–water partition coefficient (Wildman–Crippen LogP) is 3.76. The number of nitrogens with zero attached hydrogens (tertiary/aromatic N) is 6. The molecule has 0 atom stereocenters. The Morgan fingerprint density at radius 1 is 0.969 bits per heavy atom. The summed E-state index contributed by atoms with van der Waals surface area (Å²) in [6, 6.07) is 13.8. The standard InChI is InChI=1S/C23H26ClFN6O/c24-21-17-19(25)9-10-20(21)23(32)30-15-13-29(14-16-30)11-5-2-6-12-31-27-22(26-28-31)18-7-3-1-4-8-18/h1,3-4,7-10,17H,2,5-6,11-16H2. The van der Waals surface area contributed by atoms with Gasteiger partial charge in [0.2, 0.25) is 5.82 Å². The van der Waals surface area contributed by atoms with Gasteiger partial charge in [0.1, 0.15) is 5.82 Å². The summed E-state index contributed by atoms with van der Waals surface area (Å²) in [4.78, 5) is 18.5. The molecule has 168 valence electrons. The molecule has 0 unspecified atom stereocenters. The van der Waals surface area contributed by atoms with E-state index in [0.29, 0.717) is 24.5 Å². The molecule has 4 rings (SSSR count). The summed E-state index contributed by atoms with van der Waals surface area (Å²) >= 11 is 6.03. The van der Waals surface area contributed by atoms with Crippen LogP contribution in [0.5, 0.6) is 0 Å². The van der Waals surface area contributed by atoms with Crippen molar-refractivity contribution in [2.45, 2.75) is 25.8 Å². The van der Waals surface area contributed by atoms with Crippen molar-refractivity contribution in [1.82, 2.24) is 30.0 Å². The van der Waals surface area contributed by atoms with Crippen LogP contribution in [0.4, 0.5) is 4.39 Å². The number of carbonyl (C=O) groups excluding carboxylic acids is 1. The first kappa shape index (κ1) is 22.4. The second-order valence-electron chi connectivity index (χ2n) is 7.89. The molecular weight excluding hydrogens is 431 g/mol. The molecular formula is C23H26ClFN6O. The van der Waals surface area contributed by atoms with Gasteiger partial charge in [-0.15, -0.1) is 10.2 Å². The van der Waals surface area contributed by atoms with Crippen molar-refractivity contribution in [3.8, 4) is 11.4 Å². The lowest BCUT2D eigenvalue weighted by Gasteiger charge is -2.35. The molecule has 32 heavy (non-hydrogen) atoms. The monoisotopic (exact) mass is 456 g/mol. The van der Waals surface area contributed by atoms with Crippen molar-refractivity contribution in [2.24, 2.45) is 0 Å². The molecule has 1 aliphatic rings. The van der Waals surface area contributed by atoms with Crippen LogP contribution in [0, 0.1) is 5.82 Å². The Bertz CT molecular complexity index is 1040. The van der Waals surface area contributed by atoms with E-state index in [1.807, 2.05) is 30.3 Å². The van der Waals surface area contributed by atoms with E-state index >= 15 is 0 Å². The van der Waals surface area contributed by atoms with Crippen molar-refractivity contribution < 1.29 is 9.18 Å². The number of aromatic nitrogens is 4. The van der Waals surface area contributed by atoms with Gasteiger partial charge < -0.3 is 4.90 Å². The van der Waals surface area contributed by atoms with Gasteiger partial charge in [0.15, 0.2) is 0 Å². The van der Waals surface area contributed by atoms with Crippen LogP contribution in [-0.2, 0) is 6.54 Å². The second-order valence-corrected chi connectivity index (χ2v) is 8.30. The SMILES string of the molecule is O=C(c1ccc(F)cc1Cl)N1CCN(CCCCCn2nnc(-c3ccccc3)n2)CC1. The average Bonchev–Trinajstić information content (AvgIpc) is 3.28. The molecule has 1 saturated heterocycles. The summed E-state index contributed by atoms with van der Waals surface area (Å²) in [7, 11) is 0. The number of amides is 1. The van der Waals surface area contributed by atoms with E-state index in [9.17, 15) is 9.18 Å². The van der Waals surface area contributed by atoms with Crippen molar-refractivity contribution in [1.29, 1.82) is 0 Å². The number of hydrogen-bond donors (Lipinski definition) is 0. The first-order chi connectivity index (χ1) is 15.6. The highest BCUT2D eigenvalue weighted by atomic mass is 35.5. The minimum absolute atomic E-state index is 0.134. The highest BCUT2D eigenvalue weighted by Crippen LogP contribution is 2.20. The number of rotatable bonds is 8. The zero-order valence-corrected chi connectivity index (χ0v) is 18.6. The Balaban J connectivity index is 1.14. The summed E-state index contributed by atoms with van der Waals surface area (Å²) < 4.78 is 13.2. The number of carbonyl (C=O) groups is 1. The van der Waals surface area contributed by atoms with Crippen LogP contribution in [0.15, 0.2) is 48.5 Å². The fourth-order valence-corrected chi connectivity index (χ4v) is 4.06. The lowest BCUT2D eigenvalue weighted by Crippen LogP contribution is -2.48. The van der Waals surface area contributed by atoms with Crippen LogP contribution in [0.1, 0.15) is 29.6 Å². The van der Waals surface area contributed by atoms with Gasteiger partial charge in [-0.1, -0.05) is 48.4 Å². The van der Waals surface area contributed by atoms with Crippen molar-refractivity contribution >= 4 is 17.5 Å². The van der Waals surface area contributed by atoms with Gasteiger partial charge in [-0.05, 0) is 42.8 Å². The smallest absolute Gasteiger partial charge is 0.255 e. The summed E-state index contributed by atoms with van der Waals surface area (Å²) in [5, 5.41) is 12.9. The molecule has 0 saturated carbocycles. The van der Waals surface area contributed by atoms with Gasteiger partial charge in [0.05, 0.1) is 17.1 Å². The summed E-state index contributed by atoms with van der Waals surface area (Å²) in [5.74, 6) is 0.0809. The number of halogens is 2. The molecule has 2 aromatic carbocycles. The number of aryl methyl sites for hydroxylation is 1. The highest BCUT2D eigenvalue weighted by molar-refractivity contribution is 6.33. The predicted molar refractivity (Wildman–Crippen MR) is 121 cm³/mol. The number of hydrogen-bond acceptors (Lipinski definition) is 5. The molecule has 3 aromatic rings. The molecule has 0 bridgehead atoms. The number of tetrazole rings is 1. The maximum atomic E-state index is 13.2. The summed E-state index contributed by atoms with van der Waals surface area (Å²) in [5.41, 5.74) is 1.33. The number of piperazine rings is 1. The molecule has 0 spiro atoms. The molecule has 1 aromatic heterocycles. The topological polar surface area (TPSA) is 67.2 Å². The van der Waals surface area contributed by atoms with Crippen LogP contribution >= 0.6 is 11.6 Å². The van der Waals surface area contributed by atoms with Crippen molar-refractivity contribution in [3.63, 3.8) is 0 Å². The Morgan fingerprint density at radius 2 is 1.72 bits per heavy atom. The van der Waals surface area contributed by atoms with Crippen LogP contribution in [0.3, 0.4) is 0 Å². The lowest BCUT2D eigenvalue weighted by atomic mass is 10.1. The summed E-state index contributed by atoms with van der Waals surface area (Å²) in [6.45, 7) is 4.71. The molecule has 7 nitrogen and oxygen atoms in total. The van der Waals surface area contributed by atoms with E-state index < -0.39 is 5.82 Å². The van der Waals surface area contributed by atoms with E-state index in [-0.39, 0.29) is 10.9 Å². The molecule has 9 heteroatoms. The van der Waals surface area contributed by atoms with Gasteiger partial charge in [-0.3, -0.25) is 9.69 Å². The quantitative estimate of drug-likeness (QED) is 0.483. The summed E-state index contributed by atoms with van der Waals surface area (Å²) in [6.07, 6.45) is 3.15. The largest absolute Gasteiger partial charge is 0.336 e. The van der Waals surface area contributed by atoms with Crippen LogP contribution in [0.25, 0.3) is 11.4 Å². The van der Waals surface area contributed by atoms with Crippen LogP contribution in [0.2, 0.25) is 5.02 Å². The molecule has 0 N–H and O–H groups in total. The van der Waals surface area contributed by atoms with E-state index in [1.165, 1.54) is 18.2 Å². The zero-order valence-electron chi connectivity index (χ0n) is 17.8. The Morgan fingerprint density at radius 3 is 2.47 bits per heavy atom. The normalized spacial score (nSPS) is 14.6. The fraction of sp³-hybridized carbons (Fsp3) is 0.391. The highest BCUT2D eigenvalue weighted by Gasteiger charge is 2.23. The van der Waals surface area contributed by atoms with Gasteiger partial charge in [-0.25, -0.2) is 4.39 Å². The van der Waals surface area contributed by atoms with E-state index in [1.54, 1.807) is 9.70 Å². The minimum atomic E-state index is -0.437. The maximum Gasteiger partial charge on any atom is 0.255 e. The Kier molecular flexibility index (Phi) is 7.44. The van der Waals surface area contributed by atoms with E-state index in [4.69, 9.17) is 11.6 Å². The molecule has 1 amide bonds. The van der Waals surface area contributed by atoms with Crippen molar-refractivity contribution in [2.75, 3.05) is 32.7 Å². The van der Waals surface area contributed by atoms with E-state index in [2.05, 4.69) is 20.3 Å². The molecule has 0 radical (unpaired) electrons. The van der Waals surface area contributed by atoms with Gasteiger partial charge in [-0.2, -0.15) is 4.80 Å². The number of unbranched alkanes of at least 4 members (excludes halogenated alkanes) is 2. The third kappa shape index (κ3) is 5.69.